The summed E-state index contributed by atoms with van der Waals surface area (Å²) in [5.41, 5.74) is 0.889. The first kappa shape index (κ1) is 14.1. The fraction of sp³-hybridized carbons (Fsp3) is 0.733. The Hall–Kier alpha value is -1.32. The van der Waals surface area contributed by atoms with E-state index in [1.54, 1.807) is 0 Å². The first-order chi connectivity index (χ1) is 9.24. The molecule has 1 N–H and O–H groups in total. The van der Waals surface area contributed by atoms with Gasteiger partial charge in [0.15, 0.2) is 0 Å². The molecule has 1 fully saturated rings. The summed E-state index contributed by atoms with van der Waals surface area (Å²) in [6.45, 7) is 1.01. The van der Waals surface area contributed by atoms with E-state index in [9.17, 15) is 4.79 Å². The summed E-state index contributed by atoms with van der Waals surface area (Å²) in [5, 5.41) is 8.63. The molecule has 0 radical (unpaired) electrons. The number of aryl methyl sites for hydroxylation is 2. The van der Waals surface area contributed by atoms with Crippen molar-refractivity contribution in [2.24, 2.45) is 5.92 Å². The lowest BCUT2D eigenvalue weighted by atomic mass is 9.86. The number of rotatable bonds is 7. The monoisotopic (exact) mass is 264 g/mol. The predicted molar refractivity (Wildman–Crippen MR) is 74.0 cm³/mol. The largest absolute Gasteiger partial charge is 0.481 e. The van der Waals surface area contributed by atoms with E-state index in [1.165, 1.54) is 44.9 Å². The maximum Gasteiger partial charge on any atom is 0.303 e. The molecule has 19 heavy (non-hydrogen) atoms. The molecule has 0 spiro atoms. The number of hydrogen-bond acceptors (Lipinski definition) is 2. The Bertz CT molecular complexity index is 395. The Morgan fingerprint density at radius 2 is 2.16 bits per heavy atom. The fourth-order valence-corrected chi connectivity index (χ4v) is 2.93. The SMILES string of the molecule is O=C(O)CCc1cn(CCCC2CCCCC2)cn1. The highest BCUT2D eigenvalue weighted by atomic mass is 16.4. The molecule has 106 valence electrons. The average molecular weight is 264 g/mol. The van der Waals surface area contributed by atoms with Gasteiger partial charge >= 0.3 is 5.97 Å². The van der Waals surface area contributed by atoms with Gasteiger partial charge in [-0.15, -0.1) is 0 Å². The van der Waals surface area contributed by atoms with E-state index in [0.717, 1.165) is 18.2 Å². The molecule has 1 heterocycles. The maximum absolute atomic E-state index is 10.5. The second kappa shape index (κ2) is 7.31. The first-order valence-corrected chi connectivity index (χ1v) is 7.46. The van der Waals surface area contributed by atoms with Gasteiger partial charge in [0.1, 0.15) is 0 Å². The van der Waals surface area contributed by atoms with Gasteiger partial charge in [-0.25, -0.2) is 4.98 Å². The van der Waals surface area contributed by atoms with Crippen molar-refractivity contribution in [3.05, 3.63) is 18.2 Å². The minimum absolute atomic E-state index is 0.166. The normalized spacial score (nSPS) is 16.6. The molecule has 0 atom stereocenters. The third kappa shape index (κ3) is 5.05. The number of carboxylic acids is 1. The van der Waals surface area contributed by atoms with Gasteiger partial charge in [-0.2, -0.15) is 0 Å². The average Bonchev–Trinajstić information content (AvgIpc) is 2.86. The zero-order valence-electron chi connectivity index (χ0n) is 11.6. The van der Waals surface area contributed by atoms with Crippen molar-refractivity contribution in [1.29, 1.82) is 0 Å². The number of carboxylic acid groups (broad SMARTS) is 1. The summed E-state index contributed by atoms with van der Waals surface area (Å²) in [5.74, 6) is 0.176. The van der Waals surface area contributed by atoms with Crippen molar-refractivity contribution in [1.82, 2.24) is 9.55 Å². The van der Waals surface area contributed by atoms with Crippen LogP contribution in [0, 0.1) is 5.92 Å². The third-order valence-corrected chi connectivity index (χ3v) is 4.04. The minimum Gasteiger partial charge on any atom is -0.481 e. The molecule has 0 bridgehead atoms. The van der Waals surface area contributed by atoms with Gasteiger partial charge in [-0.05, 0) is 18.8 Å². The number of imidazole rings is 1. The highest BCUT2D eigenvalue weighted by Crippen LogP contribution is 2.27. The van der Waals surface area contributed by atoms with Gasteiger partial charge < -0.3 is 9.67 Å². The highest BCUT2D eigenvalue weighted by Gasteiger charge is 2.12. The van der Waals surface area contributed by atoms with Gasteiger partial charge in [0.05, 0.1) is 18.4 Å². The van der Waals surface area contributed by atoms with Crippen LogP contribution in [0.1, 0.15) is 57.1 Å². The summed E-state index contributed by atoms with van der Waals surface area (Å²) < 4.78 is 2.10. The highest BCUT2D eigenvalue weighted by molar-refractivity contribution is 5.66. The van der Waals surface area contributed by atoms with Gasteiger partial charge in [-0.3, -0.25) is 4.79 Å². The third-order valence-electron chi connectivity index (χ3n) is 4.04. The quantitative estimate of drug-likeness (QED) is 0.822. The lowest BCUT2D eigenvalue weighted by Crippen LogP contribution is -2.07. The van der Waals surface area contributed by atoms with Crippen LogP contribution in [-0.2, 0) is 17.8 Å². The Labute approximate surface area is 114 Å². The van der Waals surface area contributed by atoms with Crippen molar-refractivity contribution in [3.63, 3.8) is 0 Å². The summed E-state index contributed by atoms with van der Waals surface area (Å²) in [6.07, 6.45) is 14.1. The molecule has 1 aliphatic rings. The smallest absolute Gasteiger partial charge is 0.303 e. The number of carbonyl (C=O) groups is 1. The van der Waals surface area contributed by atoms with E-state index in [1.807, 2.05) is 12.5 Å². The molecule has 1 aromatic rings. The van der Waals surface area contributed by atoms with E-state index in [-0.39, 0.29) is 6.42 Å². The Kier molecular flexibility index (Phi) is 5.43. The molecular weight excluding hydrogens is 240 g/mol. The predicted octanol–water partition coefficient (Wildman–Crippen LogP) is 3.26. The number of aliphatic carboxylic acids is 1. The number of nitrogens with zero attached hydrogens (tertiary/aromatic N) is 2. The molecule has 1 saturated carbocycles. The second-order valence-corrected chi connectivity index (χ2v) is 5.64. The standard InChI is InChI=1S/C15H24N2O2/c18-15(19)9-8-14-11-17(12-16-14)10-4-7-13-5-2-1-3-6-13/h11-13H,1-10H2,(H,18,19). The molecule has 4 heteroatoms. The second-order valence-electron chi connectivity index (χ2n) is 5.64. The van der Waals surface area contributed by atoms with Crippen LogP contribution in [-0.4, -0.2) is 20.6 Å². The zero-order valence-corrected chi connectivity index (χ0v) is 11.6. The van der Waals surface area contributed by atoms with Gasteiger partial charge in [-0.1, -0.05) is 32.1 Å². The van der Waals surface area contributed by atoms with E-state index in [2.05, 4.69) is 9.55 Å². The van der Waals surface area contributed by atoms with Crippen LogP contribution < -0.4 is 0 Å². The summed E-state index contributed by atoms with van der Waals surface area (Å²) >= 11 is 0. The Morgan fingerprint density at radius 1 is 1.37 bits per heavy atom. The van der Waals surface area contributed by atoms with Crippen molar-refractivity contribution >= 4 is 5.97 Å². The van der Waals surface area contributed by atoms with Crippen LogP contribution >= 0.6 is 0 Å². The fourth-order valence-electron chi connectivity index (χ4n) is 2.93. The number of aromatic nitrogens is 2. The summed E-state index contributed by atoms with van der Waals surface area (Å²) in [7, 11) is 0. The number of hydrogen-bond donors (Lipinski definition) is 1. The molecule has 1 aromatic heterocycles. The van der Waals surface area contributed by atoms with E-state index in [4.69, 9.17) is 5.11 Å². The molecule has 2 rings (SSSR count). The summed E-state index contributed by atoms with van der Waals surface area (Å²) in [4.78, 5) is 14.7. The molecule has 1 aliphatic carbocycles. The lowest BCUT2D eigenvalue weighted by Gasteiger charge is -2.21. The maximum atomic E-state index is 10.5. The van der Waals surface area contributed by atoms with Crippen molar-refractivity contribution in [2.75, 3.05) is 0 Å². The van der Waals surface area contributed by atoms with Crippen LogP contribution in [0.5, 0.6) is 0 Å². The summed E-state index contributed by atoms with van der Waals surface area (Å²) in [6, 6.07) is 0. The molecule has 0 aromatic carbocycles. The van der Waals surface area contributed by atoms with Crippen LogP contribution in [0.25, 0.3) is 0 Å². The molecule has 0 unspecified atom stereocenters. The lowest BCUT2D eigenvalue weighted by molar-refractivity contribution is -0.136. The Balaban J connectivity index is 1.66. The van der Waals surface area contributed by atoms with Crippen molar-refractivity contribution < 1.29 is 9.90 Å². The Morgan fingerprint density at radius 3 is 2.89 bits per heavy atom. The molecule has 0 amide bonds. The van der Waals surface area contributed by atoms with Gasteiger partial charge in [0.25, 0.3) is 0 Å². The molecule has 0 saturated heterocycles. The first-order valence-electron chi connectivity index (χ1n) is 7.46. The van der Waals surface area contributed by atoms with Crippen LogP contribution in [0.4, 0.5) is 0 Å². The van der Waals surface area contributed by atoms with Crippen LogP contribution in [0.3, 0.4) is 0 Å². The van der Waals surface area contributed by atoms with Crippen molar-refractivity contribution in [3.8, 4) is 0 Å². The van der Waals surface area contributed by atoms with E-state index in [0.29, 0.717) is 6.42 Å². The van der Waals surface area contributed by atoms with E-state index >= 15 is 0 Å². The van der Waals surface area contributed by atoms with Gasteiger partial charge in [0, 0.05) is 19.2 Å². The topological polar surface area (TPSA) is 55.1 Å². The van der Waals surface area contributed by atoms with Gasteiger partial charge in [0.2, 0.25) is 0 Å². The van der Waals surface area contributed by atoms with Crippen LogP contribution in [0.15, 0.2) is 12.5 Å². The van der Waals surface area contributed by atoms with E-state index < -0.39 is 5.97 Å². The minimum atomic E-state index is -0.758. The van der Waals surface area contributed by atoms with Crippen LogP contribution in [0.2, 0.25) is 0 Å². The zero-order chi connectivity index (χ0) is 13.5. The van der Waals surface area contributed by atoms with Crippen molar-refractivity contribution in [2.45, 2.75) is 64.3 Å². The molecular formula is C15H24N2O2. The molecule has 0 aliphatic heterocycles. The molecule has 4 nitrogen and oxygen atoms in total.